The summed E-state index contributed by atoms with van der Waals surface area (Å²) in [4.78, 5) is 11.6. The summed E-state index contributed by atoms with van der Waals surface area (Å²) in [7, 11) is 1.38. The summed E-state index contributed by atoms with van der Waals surface area (Å²) in [5.74, 6) is -0.140. The van der Waals surface area contributed by atoms with Crippen LogP contribution in [-0.2, 0) is 16.1 Å². The molecule has 0 heterocycles. The van der Waals surface area contributed by atoms with Gasteiger partial charge in [0.05, 0.1) is 7.11 Å². The second-order valence-electron chi connectivity index (χ2n) is 4.36. The Kier molecular flexibility index (Phi) is 5.93. The highest BCUT2D eigenvalue weighted by atomic mass is 35.5. The molecule has 0 spiro atoms. The van der Waals surface area contributed by atoms with Crippen molar-refractivity contribution in [1.29, 1.82) is 0 Å². The summed E-state index contributed by atoms with van der Waals surface area (Å²) in [6.07, 6.45) is 0. The number of methoxy groups -OCH3 is 1. The molecule has 0 unspecified atom stereocenters. The largest absolute Gasteiger partial charge is 0.468 e. The summed E-state index contributed by atoms with van der Waals surface area (Å²) < 4.78 is 4.76. The van der Waals surface area contributed by atoms with Gasteiger partial charge in [-0.05, 0) is 29.7 Å². The van der Waals surface area contributed by atoms with Crippen molar-refractivity contribution in [2.45, 2.75) is 26.4 Å². The van der Waals surface area contributed by atoms with Crippen LogP contribution in [0.15, 0.2) is 18.2 Å². The molecule has 5 heteroatoms. The maximum atomic E-state index is 11.6. The third-order valence-corrected chi connectivity index (χ3v) is 3.25. The molecule has 0 aliphatic heterocycles. The minimum atomic E-state index is -0.356. The molecule has 0 aliphatic rings. The van der Waals surface area contributed by atoms with Gasteiger partial charge in [-0.3, -0.25) is 4.79 Å². The molecule has 3 nitrogen and oxygen atoms in total. The van der Waals surface area contributed by atoms with Crippen molar-refractivity contribution < 1.29 is 9.53 Å². The predicted octanol–water partition coefficient (Wildman–Crippen LogP) is 3.28. The smallest absolute Gasteiger partial charge is 0.323 e. The molecule has 1 aromatic rings. The molecule has 18 heavy (non-hydrogen) atoms. The van der Waals surface area contributed by atoms with Crippen LogP contribution < -0.4 is 5.32 Å². The summed E-state index contributed by atoms with van der Waals surface area (Å²) in [6.45, 7) is 4.37. The van der Waals surface area contributed by atoms with E-state index >= 15 is 0 Å². The van der Waals surface area contributed by atoms with Gasteiger partial charge in [-0.2, -0.15) is 0 Å². The molecular weight excluding hydrogens is 273 g/mol. The molecule has 0 aromatic heterocycles. The fraction of sp³-hybridized carbons (Fsp3) is 0.462. The lowest BCUT2D eigenvalue weighted by molar-refractivity contribution is -0.144. The zero-order valence-electron chi connectivity index (χ0n) is 10.7. The van der Waals surface area contributed by atoms with Gasteiger partial charge in [0.1, 0.15) is 6.04 Å². The van der Waals surface area contributed by atoms with Gasteiger partial charge in [0.25, 0.3) is 0 Å². The van der Waals surface area contributed by atoms with E-state index in [1.807, 2.05) is 13.8 Å². The fourth-order valence-electron chi connectivity index (χ4n) is 1.62. The van der Waals surface area contributed by atoms with Crippen molar-refractivity contribution in [1.82, 2.24) is 5.32 Å². The van der Waals surface area contributed by atoms with Gasteiger partial charge in [-0.1, -0.05) is 37.0 Å². The van der Waals surface area contributed by atoms with E-state index in [-0.39, 0.29) is 17.9 Å². The number of carbonyl (C=O) groups excluding carboxylic acids is 1. The van der Waals surface area contributed by atoms with Crippen LogP contribution in [-0.4, -0.2) is 19.1 Å². The zero-order valence-corrected chi connectivity index (χ0v) is 12.2. The van der Waals surface area contributed by atoms with E-state index in [2.05, 4.69) is 5.32 Å². The van der Waals surface area contributed by atoms with Gasteiger partial charge >= 0.3 is 5.97 Å². The van der Waals surface area contributed by atoms with E-state index in [0.717, 1.165) is 5.56 Å². The van der Waals surface area contributed by atoms with Gasteiger partial charge in [0.15, 0.2) is 0 Å². The molecule has 0 saturated carbocycles. The first-order valence-electron chi connectivity index (χ1n) is 5.70. The lowest BCUT2D eigenvalue weighted by atomic mass is 10.0. The van der Waals surface area contributed by atoms with Gasteiger partial charge in [0, 0.05) is 16.6 Å². The first kappa shape index (κ1) is 15.3. The van der Waals surface area contributed by atoms with Crippen LogP contribution in [0.4, 0.5) is 0 Å². The van der Waals surface area contributed by atoms with Gasteiger partial charge in [0.2, 0.25) is 0 Å². The molecule has 1 N–H and O–H groups in total. The number of nitrogens with one attached hydrogen (secondary N) is 1. The average Bonchev–Trinajstić information content (AvgIpc) is 2.32. The van der Waals surface area contributed by atoms with Crippen molar-refractivity contribution in [2.75, 3.05) is 7.11 Å². The number of hydrogen-bond donors (Lipinski definition) is 1. The molecule has 0 fully saturated rings. The van der Waals surface area contributed by atoms with Gasteiger partial charge in [-0.15, -0.1) is 0 Å². The monoisotopic (exact) mass is 289 g/mol. The van der Waals surface area contributed by atoms with E-state index in [0.29, 0.717) is 16.6 Å². The summed E-state index contributed by atoms with van der Waals surface area (Å²) in [6, 6.07) is 4.90. The van der Waals surface area contributed by atoms with Crippen LogP contribution in [0.2, 0.25) is 10.0 Å². The topological polar surface area (TPSA) is 38.3 Å². The lowest BCUT2D eigenvalue weighted by Crippen LogP contribution is -2.41. The Labute approximate surface area is 117 Å². The van der Waals surface area contributed by atoms with Crippen LogP contribution in [0.1, 0.15) is 19.4 Å². The third-order valence-electron chi connectivity index (χ3n) is 2.64. The zero-order chi connectivity index (χ0) is 13.7. The van der Waals surface area contributed by atoms with Crippen molar-refractivity contribution in [3.05, 3.63) is 33.8 Å². The Morgan fingerprint density at radius 2 is 2.06 bits per heavy atom. The molecule has 0 aliphatic carbocycles. The predicted molar refractivity (Wildman–Crippen MR) is 73.9 cm³/mol. The minimum Gasteiger partial charge on any atom is -0.468 e. The van der Waals surface area contributed by atoms with E-state index in [4.69, 9.17) is 27.9 Å². The number of ether oxygens (including phenoxy) is 1. The van der Waals surface area contributed by atoms with Gasteiger partial charge < -0.3 is 10.1 Å². The maximum absolute atomic E-state index is 11.6. The number of benzene rings is 1. The first-order valence-corrected chi connectivity index (χ1v) is 6.46. The summed E-state index contributed by atoms with van der Waals surface area (Å²) in [5, 5.41) is 4.38. The van der Waals surface area contributed by atoms with Crippen LogP contribution in [0, 0.1) is 5.92 Å². The quantitative estimate of drug-likeness (QED) is 0.846. The fourth-order valence-corrected chi connectivity index (χ4v) is 2.00. The Hall–Kier alpha value is -0.770. The number of rotatable bonds is 5. The molecule has 1 atom stereocenters. The van der Waals surface area contributed by atoms with Crippen LogP contribution >= 0.6 is 23.2 Å². The standard InChI is InChI=1S/C13H17Cl2NO2/c1-8(2)12(13(17)18-3)16-7-9-6-10(14)4-5-11(9)15/h4-6,8,12,16H,7H2,1-3H3/t12-/m0/s1. The lowest BCUT2D eigenvalue weighted by Gasteiger charge is -2.20. The van der Waals surface area contributed by atoms with Crippen LogP contribution in [0.5, 0.6) is 0 Å². The van der Waals surface area contributed by atoms with E-state index in [1.54, 1.807) is 18.2 Å². The number of hydrogen-bond acceptors (Lipinski definition) is 3. The number of esters is 1. The van der Waals surface area contributed by atoms with Crippen molar-refractivity contribution in [3.63, 3.8) is 0 Å². The normalized spacial score (nSPS) is 12.6. The van der Waals surface area contributed by atoms with E-state index in [1.165, 1.54) is 7.11 Å². The molecule has 0 bridgehead atoms. The highest BCUT2D eigenvalue weighted by molar-refractivity contribution is 6.33. The summed E-state index contributed by atoms with van der Waals surface area (Å²) >= 11 is 12.0. The highest BCUT2D eigenvalue weighted by Crippen LogP contribution is 2.20. The first-order chi connectivity index (χ1) is 8.45. The average molecular weight is 290 g/mol. The highest BCUT2D eigenvalue weighted by Gasteiger charge is 2.22. The maximum Gasteiger partial charge on any atom is 0.323 e. The molecule has 0 radical (unpaired) electrons. The minimum absolute atomic E-state index is 0.135. The van der Waals surface area contributed by atoms with Crippen molar-refractivity contribution in [2.24, 2.45) is 5.92 Å². The second-order valence-corrected chi connectivity index (χ2v) is 5.21. The molecule has 1 rings (SSSR count). The second kappa shape index (κ2) is 6.98. The molecule has 1 aromatic carbocycles. The van der Waals surface area contributed by atoms with Crippen LogP contribution in [0.25, 0.3) is 0 Å². The van der Waals surface area contributed by atoms with Crippen molar-refractivity contribution in [3.8, 4) is 0 Å². The molecule has 0 amide bonds. The van der Waals surface area contributed by atoms with E-state index < -0.39 is 0 Å². The van der Waals surface area contributed by atoms with Crippen LogP contribution in [0.3, 0.4) is 0 Å². The number of carbonyl (C=O) groups is 1. The number of halogens is 2. The van der Waals surface area contributed by atoms with Gasteiger partial charge in [-0.25, -0.2) is 0 Å². The Morgan fingerprint density at radius 1 is 1.39 bits per heavy atom. The Morgan fingerprint density at radius 3 is 2.61 bits per heavy atom. The Bertz CT molecular complexity index is 421. The van der Waals surface area contributed by atoms with Crippen molar-refractivity contribution >= 4 is 29.2 Å². The molecule has 0 saturated heterocycles. The SMILES string of the molecule is COC(=O)[C@@H](NCc1cc(Cl)ccc1Cl)C(C)C. The summed E-state index contributed by atoms with van der Waals surface area (Å²) in [5.41, 5.74) is 0.860. The Balaban J connectivity index is 2.73. The molecular formula is C13H17Cl2NO2. The third kappa shape index (κ3) is 4.16. The van der Waals surface area contributed by atoms with E-state index in [9.17, 15) is 4.79 Å². The molecule has 100 valence electrons.